The second-order valence-electron chi connectivity index (χ2n) is 3.21. The Morgan fingerprint density at radius 2 is 1.44 bits per heavy atom. The minimum Gasteiger partial charge on any atom is -1.00 e. The van der Waals surface area contributed by atoms with Crippen LogP contribution in [-0.4, -0.2) is 56.0 Å². The van der Waals surface area contributed by atoms with Crippen LogP contribution >= 0.6 is 0 Å². The van der Waals surface area contributed by atoms with Crippen molar-refractivity contribution in [3.63, 3.8) is 0 Å². The van der Waals surface area contributed by atoms with Crippen molar-refractivity contribution in [2.45, 2.75) is 33.5 Å². The monoisotopic (exact) mass is 254 g/mol. The maximum Gasteiger partial charge on any atom is 2.00 e. The van der Waals surface area contributed by atoms with Gasteiger partial charge < -0.3 is 12.3 Å². The van der Waals surface area contributed by atoms with E-state index in [0.29, 0.717) is 6.42 Å². The molecule has 4 nitrogen and oxygen atoms in total. The van der Waals surface area contributed by atoms with Crippen molar-refractivity contribution in [2.75, 3.05) is 0 Å². The van der Waals surface area contributed by atoms with Gasteiger partial charge in [0, 0.05) is 17.6 Å². The Kier molecular flexibility index (Phi) is 9.92. The maximum atomic E-state index is 11.1. The summed E-state index contributed by atoms with van der Waals surface area (Å²) in [5.74, 6) is -1.15. The van der Waals surface area contributed by atoms with E-state index in [2.05, 4.69) is 13.2 Å². The maximum absolute atomic E-state index is 11.1. The van der Waals surface area contributed by atoms with Gasteiger partial charge in [0.15, 0.2) is 0 Å². The van der Waals surface area contributed by atoms with E-state index in [9.17, 15) is 9.59 Å². The van der Waals surface area contributed by atoms with Crippen molar-refractivity contribution < 1.29 is 21.9 Å². The van der Waals surface area contributed by atoms with Crippen molar-refractivity contribution in [2.24, 2.45) is 0 Å². The zero-order chi connectivity index (χ0) is 12.0. The van der Waals surface area contributed by atoms with Crippen LogP contribution in [0.2, 0.25) is 0 Å². The molecule has 0 aromatic carbocycles. The molecule has 0 atom stereocenters. The Balaban J connectivity index is -0.000000327. The van der Waals surface area contributed by atoms with E-state index in [4.69, 9.17) is 9.47 Å². The fraction of sp³-hybridized carbons (Fsp3) is 0.455. The minimum absolute atomic E-state index is 0. The Morgan fingerprint density at radius 3 is 1.62 bits per heavy atom. The Bertz CT molecular complexity index is 277. The normalized spacial score (nSPS) is 9.00. The number of hydrogen-bond donors (Lipinski definition) is 0. The van der Waals surface area contributed by atoms with Gasteiger partial charge in [0.1, 0.15) is 0 Å². The summed E-state index contributed by atoms with van der Waals surface area (Å²) >= 11 is 0. The topological polar surface area (TPSA) is 52.6 Å². The average Bonchev–Trinajstić information content (AvgIpc) is 2.15. The molecule has 0 unspecified atom stereocenters. The van der Waals surface area contributed by atoms with Crippen LogP contribution in [0.25, 0.3) is 0 Å². The van der Waals surface area contributed by atoms with Crippen molar-refractivity contribution in [1.82, 2.24) is 0 Å². The molecule has 0 radical (unpaired) electrons. The first kappa shape index (κ1) is 18.1. The van der Waals surface area contributed by atoms with E-state index in [0.717, 1.165) is 0 Å². The van der Waals surface area contributed by atoms with Crippen molar-refractivity contribution >= 4 is 49.7 Å². The Labute approximate surface area is 129 Å². The molecule has 0 aromatic heterocycles. The predicted octanol–water partition coefficient (Wildman–Crippen LogP) is 1.81. The first-order chi connectivity index (χ1) is 6.88. The van der Waals surface area contributed by atoms with E-state index >= 15 is 0 Å². The van der Waals surface area contributed by atoms with Crippen molar-refractivity contribution in [1.29, 1.82) is 0 Å². The average molecular weight is 254 g/mol. The number of carbonyl (C=O) groups excluding carboxylic acids is 2. The summed E-state index contributed by atoms with van der Waals surface area (Å²) < 4.78 is 9.72. The summed E-state index contributed by atoms with van der Waals surface area (Å²) in [4.78, 5) is 22.3. The summed E-state index contributed by atoms with van der Waals surface area (Å²) in [5, 5.41) is 0. The molecular weight excluding hydrogens is 236 g/mol. The van der Waals surface area contributed by atoms with Crippen LogP contribution in [0.4, 0.5) is 0 Å². The molecule has 5 heteroatoms. The first-order valence-electron chi connectivity index (χ1n) is 4.61. The van der Waals surface area contributed by atoms with Gasteiger partial charge in [-0.15, -0.1) is 0 Å². The summed E-state index contributed by atoms with van der Waals surface area (Å²) in [6, 6.07) is 0. The zero-order valence-electron chi connectivity index (χ0n) is 12.0. The van der Waals surface area contributed by atoms with E-state index in [1.807, 2.05) is 0 Å². The van der Waals surface area contributed by atoms with Gasteiger partial charge >= 0.3 is 49.7 Å². The summed E-state index contributed by atoms with van der Waals surface area (Å²) in [6.07, 6.45) is -0.490. The van der Waals surface area contributed by atoms with Gasteiger partial charge in [-0.2, -0.15) is 0 Å². The standard InChI is InChI=1S/C11H16O4.Ca.2H/c1-6-9(14-10(12)7(2)3)15-11(13)8(4)5;;;/h9H,2,4,6H2,1,3,5H3;;;/q;+2;2*-1. The van der Waals surface area contributed by atoms with Crippen LogP contribution < -0.4 is 0 Å². The van der Waals surface area contributed by atoms with Crippen LogP contribution in [0.1, 0.15) is 30.0 Å². The van der Waals surface area contributed by atoms with Gasteiger partial charge in [-0.25, -0.2) is 9.59 Å². The third-order valence-electron chi connectivity index (χ3n) is 1.51. The van der Waals surface area contributed by atoms with E-state index in [-0.39, 0.29) is 51.7 Å². The molecular formula is C11H18CaO4. The van der Waals surface area contributed by atoms with Gasteiger partial charge in [0.2, 0.25) is 6.29 Å². The molecule has 0 saturated carbocycles. The molecule has 0 spiro atoms. The van der Waals surface area contributed by atoms with E-state index in [1.54, 1.807) is 6.92 Å². The molecule has 0 amide bonds. The van der Waals surface area contributed by atoms with Crippen LogP contribution in [-0.2, 0) is 19.1 Å². The zero-order valence-corrected chi connectivity index (χ0v) is 12.2. The molecule has 0 rings (SSSR count). The molecule has 0 aromatic rings. The predicted molar refractivity (Wildman–Crippen MR) is 63.9 cm³/mol. The third kappa shape index (κ3) is 7.04. The largest absolute Gasteiger partial charge is 2.00 e. The van der Waals surface area contributed by atoms with Crippen molar-refractivity contribution in [3.05, 3.63) is 24.3 Å². The van der Waals surface area contributed by atoms with Gasteiger partial charge in [0.05, 0.1) is 0 Å². The van der Waals surface area contributed by atoms with E-state index < -0.39 is 18.2 Å². The second kappa shape index (κ2) is 8.79. The minimum atomic E-state index is -0.876. The number of rotatable bonds is 5. The van der Waals surface area contributed by atoms with Crippen LogP contribution in [0.3, 0.4) is 0 Å². The fourth-order valence-electron chi connectivity index (χ4n) is 0.631. The smallest absolute Gasteiger partial charge is 1.00 e. The third-order valence-corrected chi connectivity index (χ3v) is 1.51. The molecule has 0 N–H and O–H groups in total. The molecule has 0 saturated heterocycles. The first-order valence-corrected chi connectivity index (χ1v) is 4.61. The molecule has 0 aliphatic heterocycles. The van der Waals surface area contributed by atoms with Crippen LogP contribution in [0.5, 0.6) is 0 Å². The Hall–Kier alpha value is -0.320. The van der Waals surface area contributed by atoms with Crippen molar-refractivity contribution in [3.8, 4) is 0 Å². The van der Waals surface area contributed by atoms with Gasteiger partial charge in [-0.3, -0.25) is 0 Å². The summed E-state index contributed by atoms with van der Waals surface area (Å²) in [5.41, 5.74) is 0.527. The SMILES string of the molecule is C=C(C)C(=O)OC(CC)OC(=O)C(=C)C.[Ca+2].[H-].[H-]. The van der Waals surface area contributed by atoms with Crippen LogP contribution in [0.15, 0.2) is 24.3 Å². The second-order valence-corrected chi connectivity index (χ2v) is 3.21. The number of ether oxygens (including phenoxy) is 2. The van der Waals surface area contributed by atoms with Gasteiger partial charge in [-0.1, -0.05) is 20.1 Å². The fourth-order valence-corrected chi connectivity index (χ4v) is 0.631. The molecule has 88 valence electrons. The molecule has 0 aliphatic carbocycles. The number of esters is 2. The Morgan fingerprint density at radius 1 is 1.12 bits per heavy atom. The molecule has 0 heterocycles. The molecule has 0 fully saturated rings. The molecule has 16 heavy (non-hydrogen) atoms. The summed E-state index contributed by atoms with van der Waals surface area (Å²) in [7, 11) is 0. The molecule has 0 aliphatic rings. The molecule has 0 bridgehead atoms. The van der Waals surface area contributed by atoms with Gasteiger partial charge in [0.25, 0.3) is 0 Å². The number of carbonyl (C=O) groups is 2. The summed E-state index contributed by atoms with van der Waals surface area (Å²) in [6.45, 7) is 11.6. The quantitative estimate of drug-likeness (QED) is 0.325. The van der Waals surface area contributed by atoms with Gasteiger partial charge in [-0.05, 0) is 13.8 Å². The van der Waals surface area contributed by atoms with Crippen LogP contribution in [0, 0.1) is 0 Å². The number of hydrogen-bond acceptors (Lipinski definition) is 4. The van der Waals surface area contributed by atoms with E-state index in [1.165, 1.54) is 13.8 Å².